The third kappa shape index (κ3) is 3.56. The highest BCUT2D eigenvalue weighted by Gasteiger charge is 2.24. The highest BCUT2D eigenvalue weighted by molar-refractivity contribution is 5.74. The van der Waals surface area contributed by atoms with Gasteiger partial charge in [-0.3, -0.25) is 0 Å². The number of nitrogens with one attached hydrogen (secondary N) is 2. The van der Waals surface area contributed by atoms with E-state index in [-0.39, 0.29) is 18.2 Å². The Labute approximate surface area is 125 Å². The van der Waals surface area contributed by atoms with Gasteiger partial charge in [-0.05, 0) is 32.1 Å². The molecule has 0 bridgehead atoms. The molecular formula is C15H24N4O2. The molecule has 1 aromatic heterocycles. The molecule has 2 N–H and O–H groups in total. The van der Waals surface area contributed by atoms with Gasteiger partial charge < -0.3 is 19.9 Å². The number of carbonyl (C=O) groups excluding carboxylic acids is 1. The van der Waals surface area contributed by atoms with Gasteiger partial charge >= 0.3 is 6.03 Å². The van der Waals surface area contributed by atoms with E-state index in [1.165, 1.54) is 0 Å². The molecule has 0 saturated carbocycles. The van der Waals surface area contributed by atoms with Crippen LogP contribution in [0.15, 0.2) is 12.4 Å². The van der Waals surface area contributed by atoms with Crippen LogP contribution in [0.3, 0.4) is 0 Å². The average Bonchev–Trinajstić information content (AvgIpc) is 3.15. The van der Waals surface area contributed by atoms with Crippen molar-refractivity contribution >= 4 is 6.03 Å². The number of hydrogen-bond donors (Lipinski definition) is 2. The van der Waals surface area contributed by atoms with E-state index in [0.29, 0.717) is 12.5 Å². The number of fused-ring (bicyclic) bond motifs is 1. The molecule has 116 valence electrons. The maximum atomic E-state index is 11.9. The van der Waals surface area contributed by atoms with E-state index < -0.39 is 0 Å². The molecule has 2 aliphatic rings. The molecule has 0 radical (unpaired) electrons. The van der Waals surface area contributed by atoms with Crippen LogP contribution in [0.4, 0.5) is 4.79 Å². The molecule has 6 heteroatoms. The summed E-state index contributed by atoms with van der Waals surface area (Å²) in [5.41, 5.74) is 0. The quantitative estimate of drug-likeness (QED) is 0.879. The number of urea groups is 1. The van der Waals surface area contributed by atoms with Crippen molar-refractivity contribution in [3.05, 3.63) is 18.2 Å². The Morgan fingerprint density at radius 1 is 1.57 bits per heavy atom. The molecular weight excluding hydrogens is 268 g/mol. The highest BCUT2D eigenvalue weighted by Crippen LogP contribution is 2.18. The molecule has 1 saturated heterocycles. The normalized spacial score (nSPS) is 26.1. The van der Waals surface area contributed by atoms with Gasteiger partial charge in [-0.15, -0.1) is 0 Å². The molecule has 0 aromatic carbocycles. The Balaban J connectivity index is 1.40. The zero-order chi connectivity index (χ0) is 14.7. The van der Waals surface area contributed by atoms with Crippen LogP contribution >= 0.6 is 0 Å². The summed E-state index contributed by atoms with van der Waals surface area (Å²) in [6, 6.07) is -0.0235. The molecule has 1 aromatic rings. The monoisotopic (exact) mass is 292 g/mol. The first-order valence-corrected chi connectivity index (χ1v) is 7.88. The Morgan fingerprint density at radius 3 is 3.29 bits per heavy atom. The topological polar surface area (TPSA) is 68.2 Å². The van der Waals surface area contributed by atoms with Crippen LogP contribution in [-0.4, -0.2) is 40.9 Å². The van der Waals surface area contributed by atoms with Gasteiger partial charge in [-0.25, -0.2) is 9.78 Å². The van der Waals surface area contributed by atoms with Crippen molar-refractivity contribution in [2.75, 3.05) is 13.2 Å². The van der Waals surface area contributed by atoms with Crippen LogP contribution in [0.5, 0.6) is 0 Å². The van der Waals surface area contributed by atoms with Crippen LogP contribution < -0.4 is 10.6 Å². The summed E-state index contributed by atoms with van der Waals surface area (Å²) in [4.78, 5) is 16.3. The molecule has 2 aliphatic heterocycles. The van der Waals surface area contributed by atoms with Gasteiger partial charge in [-0.1, -0.05) is 0 Å². The van der Waals surface area contributed by atoms with Crippen LogP contribution in [-0.2, 0) is 17.7 Å². The third-order valence-corrected chi connectivity index (χ3v) is 4.48. The lowest BCUT2D eigenvalue weighted by Gasteiger charge is -2.25. The fourth-order valence-corrected chi connectivity index (χ4v) is 3.17. The minimum absolute atomic E-state index is 0.0674. The van der Waals surface area contributed by atoms with E-state index in [4.69, 9.17) is 4.74 Å². The second-order valence-corrected chi connectivity index (χ2v) is 6.09. The number of aromatic nitrogens is 2. The van der Waals surface area contributed by atoms with Crippen molar-refractivity contribution in [2.24, 2.45) is 5.92 Å². The number of ether oxygens (including phenoxy) is 1. The Bertz CT molecular complexity index is 482. The first-order chi connectivity index (χ1) is 10.2. The molecule has 3 atom stereocenters. The van der Waals surface area contributed by atoms with Crippen LogP contribution in [0.25, 0.3) is 0 Å². The van der Waals surface area contributed by atoms with E-state index in [0.717, 1.165) is 44.7 Å². The van der Waals surface area contributed by atoms with Crippen molar-refractivity contribution in [1.82, 2.24) is 20.2 Å². The SMILES string of the molecule is C[C@H](NC(=O)NC[C@H]1CCn2ccnc2C1)[C@@H]1CCCO1. The van der Waals surface area contributed by atoms with Crippen LogP contribution in [0.1, 0.15) is 32.0 Å². The van der Waals surface area contributed by atoms with Crippen molar-refractivity contribution in [3.8, 4) is 0 Å². The molecule has 3 heterocycles. The summed E-state index contributed by atoms with van der Waals surface area (Å²) in [7, 11) is 0. The maximum Gasteiger partial charge on any atom is 0.315 e. The minimum Gasteiger partial charge on any atom is -0.376 e. The minimum atomic E-state index is -0.0908. The summed E-state index contributed by atoms with van der Waals surface area (Å²) in [6.45, 7) is 4.52. The number of amides is 2. The van der Waals surface area contributed by atoms with Crippen LogP contribution in [0.2, 0.25) is 0 Å². The largest absolute Gasteiger partial charge is 0.376 e. The average molecular weight is 292 g/mol. The predicted molar refractivity (Wildman–Crippen MR) is 79.0 cm³/mol. The lowest BCUT2D eigenvalue weighted by Crippen LogP contribution is -2.47. The van der Waals surface area contributed by atoms with Gasteiger partial charge in [0.15, 0.2) is 0 Å². The molecule has 0 unspecified atom stereocenters. The van der Waals surface area contributed by atoms with Gasteiger partial charge in [-0.2, -0.15) is 0 Å². The number of rotatable bonds is 4. The molecule has 0 spiro atoms. The molecule has 6 nitrogen and oxygen atoms in total. The Kier molecular flexibility index (Phi) is 4.43. The van der Waals surface area contributed by atoms with Gasteiger partial charge in [0.2, 0.25) is 0 Å². The molecule has 0 aliphatic carbocycles. The third-order valence-electron chi connectivity index (χ3n) is 4.48. The standard InChI is InChI=1S/C15H24N4O2/c1-11(13-3-2-8-21-13)18-15(20)17-10-12-4-6-19-7-5-16-14(19)9-12/h5,7,11-13H,2-4,6,8-10H2,1H3,(H2,17,18,20)/t11-,12-,13-/m0/s1. The van der Waals surface area contributed by atoms with Gasteiger partial charge in [0.25, 0.3) is 0 Å². The second-order valence-electron chi connectivity index (χ2n) is 6.09. The zero-order valence-corrected chi connectivity index (χ0v) is 12.5. The maximum absolute atomic E-state index is 11.9. The predicted octanol–water partition coefficient (Wildman–Crippen LogP) is 1.31. The number of carbonyl (C=O) groups is 1. The van der Waals surface area contributed by atoms with Gasteiger partial charge in [0.05, 0.1) is 12.1 Å². The number of hydrogen-bond acceptors (Lipinski definition) is 3. The van der Waals surface area contributed by atoms with E-state index >= 15 is 0 Å². The lowest BCUT2D eigenvalue weighted by molar-refractivity contribution is 0.0859. The molecule has 2 amide bonds. The van der Waals surface area contributed by atoms with E-state index in [9.17, 15) is 4.79 Å². The van der Waals surface area contributed by atoms with Crippen molar-refractivity contribution in [2.45, 2.75) is 51.3 Å². The summed E-state index contributed by atoms with van der Waals surface area (Å²) in [6.07, 6.45) is 8.19. The summed E-state index contributed by atoms with van der Waals surface area (Å²) >= 11 is 0. The van der Waals surface area contributed by atoms with Gasteiger partial charge in [0, 0.05) is 38.5 Å². The van der Waals surface area contributed by atoms with E-state index in [1.807, 2.05) is 19.3 Å². The first kappa shape index (κ1) is 14.4. The van der Waals surface area contributed by atoms with Gasteiger partial charge in [0.1, 0.15) is 5.82 Å². The van der Waals surface area contributed by atoms with Crippen molar-refractivity contribution in [3.63, 3.8) is 0 Å². The molecule has 21 heavy (non-hydrogen) atoms. The number of aryl methyl sites for hydroxylation is 1. The van der Waals surface area contributed by atoms with E-state index in [1.54, 1.807) is 0 Å². The summed E-state index contributed by atoms with van der Waals surface area (Å²) in [5, 5.41) is 5.97. The first-order valence-electron chi connectivity index (χ1n) is 7.88. The molecule has 1 fully saturated rings. The second kappa shape index (κ2) is 6.47. The highest BCUT2D eigenvalue weighted by atomic mass is 16.5. The van der Waals surface area contributed by atoms with Crippen molar-refractivity contribution < 1.29 is 9.53 Å². The van der Waals surface area contributed by atoms with E-state index in [2.05, 4.69) is 20.2 Å². The summed E-state index contributed by atoms with van der Waals surface area (Å²) < 4.78 is 7.78. The Morgan fingerprint density at radius 2 is 2.48 bits per heavy atom. The smallest absolute Gasteiger partial charge is 0.315 e. The number of nitrogens with zero attached hydrogens (tertiary/aromatic N) is 2. The summed E-state index contributed by atoms with van der Waals surface area (Å²) in [5.74, 6) is 1.60. The fraction of sp³-hybridized carbons (Fsp3) is 0.733. The van der Waals surface area contributed by atoms with Crippen molar-refractivity contribution in [1.29, 1.82) is 0 Å². The fourth-order valence-electron chi connectivity index (χ4n) is 3.17. The lowest BCUT2D eigenvalue weighted by atomic mass is 9.98. The Hall–Kier alpha value is -1.56. The zero-order valence-electron chi connectivity index (χ0n) is 12.5. The number of imidazole rings is 1. The van der Waals surface area contributed by atoms with Crippen LogP contribution in [0, 0.1) is 5.92 Å². The molecule has 3 rings (SSSR count).